The van der Waals surface area contributed by atoms with Crippen LogP contribution in [0.2, 0.25) is 0 Å². The SMILES string of the molecule is Cl.NCCOC(=O)c1ccncc1. The van der Waals surface area contributed by atoms with Gasteiger partial charge in [0, 0.05) is 18.9 Å². The van der Waals surface area contributed by atoms with Crippen molar-refractivity contribution in [3.8, 4) is 0 Å². The van der Waals surface area contributed by atoms with Crippen LogP contribution in [0.15, 0.2) is 24.5 Å². The number of ether oxygens (including phenoxy) is 1. The van der Waals surface area contributed by atoms with Crippen molar-refractivity contribution in [2.45, 2.75) is 0 Å². The second-order valence-corrected chi connectivity index (χ2v) is 2.16. The van der Waals surface area contributed by atoms with Gasteiger partial charge in [0.2, 0.25) is 0 Å². The highest BCUT2D eigenvalue weighted by Gasteiger charge is 2.03. The van der Waals surface area contributed by atoms with E-state index < -0.39 is 0 Å². The molecule has 0 saturated heterocycles. The van der Waals surface area contributed by atoms with Gasteiger partial charge in [-0.05, 0) is 12.1 Å². The number of pyridine rings is 1. The van der Waals surface area contributed by atoms with Gasteiger partial charge in [0.15, 0.2) is 0 Å². The van der Waals surface area contributed by atoms with Crippen LogP contribution < -0.4 is 5.73 Å². The zero-order chi connectivity index (χ0) is 8.81. The number of hydrogen-bond acceptors (Lipinski definition) is 4. The molecular formula is C8H11ClN2O2. The lowest BCUT2D eigenvalue weighted by Gasteiger charge is -2.01. The number of carbonyl (C=O) groups excluding carboxylic acids is 1. The predicted octanol–water partition coefficient (Wildman–Crippen LogP) is 0.619. The van der Waals surface area contributed by atoms with Crippen LogP contribution in [-0.2, 0) is 4.74 Å². The summed E-state index contributed by atoms with van der Waals surface area (Å²) in [5, 5.41) is 0. The van der Waals surface area contributed by atoms with Crippen LogP contribution in [0.4, 0.5) is 0 Å². The quantitative estimate of drug-likeness (QED) is 0.730. The molecule has 13 heavy (non-hydrogen) atoms. The first-order valence-electron chi connectivity index (χ1n) is 3.62. The van der Waals surface area contributed by atoms with Crippen LogP contribution in [0.25, 0.3) is 0 Å². The molecule has 0 bridgehead atoms. The molecule has 0 fully saturated rings. The molecule has 4 nitrogen and oxygen atoms in total. The third-order valence-corrected chi connectivity index (χ3v) is 1.27. The van der Waals surface area contributed by atoms with Gasteiger partial charge < -0.3 is 10.5 Å². The Hall–Kier alpha value is -1.13. The standard InChI is InChI=1S/C8H10N2O2.ClH/c9-3-6-12-8(11)7-1-4-10-5-2-7;/h1-2,4-5H,3,6,9H2;1H. The van der Waals surface area contributed by atoms with Gasteiger partial charge in [0.25, 0.3) is 0 Å². The molecular weight excluding hydrogens is 192 g/mol. The van der Waals surface area contributed by atoms with Crippen molar-refractivity contribution in [1.29, 1.82) is 0 Å². The van der Waals surface area contributed by atoms with E-state index in [4.69, 9.17) is 10.5 Å². The van der Waals surface area contributed by atoms with E-state index in [1.54, 1.807) is 24.5 Å². The Morgan fingerprint density at radius 1 is 1.46 bits per heavy atom. The maximum Gasteiger partial charge on any atom is 0.338 e. The number of aromatic nitrogens is 1. The Balaban J connectivity index is 0.00000144. The van der Waals surface area contributed by atoms with Gasteiger partial charge in [-0.15, -0.1) is 12.4 Å². The third kappa shape index (κ3) is 3.87. The molecule has 72 valence electrons. The number of hydrogen-bond donors (Lipinski definition) is 1. The highest BCUT2D eigenvalue weighted by Crippen LogP contribution is 1.98. The number of carbonyl (C=O) groups is 1. The lowest BCUT2D eigenvalue weighted by Crippen LogP contribution is -2.13. The van der Waals surface area contributed by atoms with Crippen LogP contribution >= 0.6 is 12.4 Å². The topological polar surface area (TPSA) is 65.2 Å². The van der Waals surface area contributed by atoms with Gasteiger partial charge in [0.05, 0.1) is 5.56 Å². The van der Waals surface area contributed by atoms with Crippen molar-refractivity contribution in [3.63, 3.8) is 0 Å². The van der Waals surface area contributed by atoms with E-state index in [9.17, 15) is 4.79 Å². The molecule has 0 radical (unpaired) electrons. The van der Waals surface area contributed by atoms with Crippen LogP contribution in [0.3, 0.4) is 0 Å². The maximum atomic E-state index is 11.1. The Bertz CT molecular complexity index is 254. The van der Waals surface area contributed by atoms with Crippen molar-refractivity contribution in [2.75, 3.05) is 13.2 Å². The molecule has 1 aromatic heterocycles. The van der Waals surface area contributed by atoms with Crippen molar-refractivity contribution in [3.05, 3.63) is 30.1 Å². The van der Waals surface area contributed by atoms with E-state index in [0.717, 1.165) is 0 Å². The van der Waals surface area contributed by atoms with Gasteiger partial charge in [-0.25, -0.2) is 4.79 Å². The first-order valence-corrected chi connectivity index (χ1v) is 3.62. The van der Waals surface area contributed by atoms with Crippen molar-refractivity contribution >= 4 is 18.4 Å². The number of halogens is 1. The van der Waals surface area contributed by atoms with Crippen molar-refractivity contribution in [2.24, 2.45) is 5.73 Å². The molecule has 0 aliphatic heterocycles. The van der Waals surface area contributed by atoms with E-state index in [1.807, 2.05) is 0 Å². The number of esters is 1. The zero-order valence-electron chi connectivity index (χ0n) is 6.97. The fourth-order valence-electron chi connectivity index (χ4n) is 0.723. The molecule has 0 saturated carbocycles. The fraction of sp³-hybridized carbons (Fsp3) is 0.250. The monoisotopic (exact) mass is 202 g/mol. The predicted molar refractivity (Wildman–Crippen MR) is 50.8 cm³/mol. The van der Waals surface area contributed by atoms with E-state index in [2.05, 4.69) is 4.98 Å². The molecule has 0 aliphatic carbocycles. The van der Waals surface area contributed by atoms with Crippen LogP contribution in [0.5, 0.6) is 0 Å². The summed E-state index contributed by atoms with van der Waals surface area (Å²) in [5.74, 6) is -0.358. The summed E-state index contributed by atoms with van der Waals surface area (Å²) in [5.41, 5.74) is 5.66. The molecule has 1 aromatic rings. The molecule has 0 amide bonds. The summed E-state index contributed by atoms with van der Waals surface area (Å²) in [4.78, 5) is 14.9. The summed E-state index contributed by atoms with van der Waals surface area (Å²) in [6, 6.07) is 3.19. The van der Waals surface area contributed by atoms with E-state index in [0.29, 0.717) is 12.1 Å². The van der Waals surface area contributed by atoms with Crippen LogP contribution in [0.1, 0.15) is 10.4 Å². The minimum atomic E-state index is -0.358. The molecule has 0 spiro atoms. The fourth-order valence-corrected chi connectivity index (χ4v) is 0.723. The molecule has 1 rings (SSSR count). The molecule has 2 N–H and O–H groups in total. The first kappa shape index (κ1) is 11.9. The Labute approximate surface area is 82.5 Å². The Morgan fingerprint density at radius 3 is 2.62 bits per heavy atom. The Morgan fingerprint density at radius 2 is 2.08 bits per heavy atom. The third-order valence-electron chi connectivity index (χ3n) is 1.27. The minimum Gasteiger partial charge on any atom is -0.461 e. The molecule has 0 aromatic carbocycles. The number of nitrogens with two attached hydrogens (primary N) is 1. The molecule has 5 heteroatoms. The highest BCUT2D eigenvalue weighted by molar-refractivity contribution is 5.89. The van der Waals surface area contributed by atoms with Crippen LogP contribution in [-0.4, -0.2) is 24.1 Å². The lowest BCUT2D eigenvalue weighted by atomic mass is 10.3. The van der Waals surface area contributed by atoms with E-state index >= 15 is 0 Å². The number of nitrogens with zero attached hydrogens (tertiary/aromatic N) is 1. The molecule has 0 aliphatic rings. The van der Waals surface area contributed by atoms with Gasteiger partial charge in [0.1, 0.15) is 6.61 Å². The van der Waals surface area contributed by atoms with E-state index in [-0.39, 0.29) is 25.0 Å². The van der Waals surface area contributed by atoms with Gasteiger partial charge in [-0.1, -0.05) is 0 Å². The highest BCUT2D eigenvalue weighted by atomic mass is 35.5. The van der Waals surface area contributed by atoms with Gasteiger partial charge >= 0.3 is 5.97 Å². The Kier molecular flexibility index (Phi) is 5.84. The normalized spacial score (nSPS) is 8.69. The lowest BCUT2D eigenvalue weighted by molar-refractivity contribution is 0.0516. The second-order valence-electron chi connectivity index (χ2n) is 2.16. The smallest absolute Gasteiger partial charge is 0.338 e. The summed E-state index contributed by atoms with van der Waals surface area (Å²) < 4.78 is 4.79. The second kappa shape index (κ2) is 6.39. The minimum absolute atomic E-state index is 0. The largest absolute Gasteiger partial charge is 0.461 e. The zero-order valence-corrected chi connectivity index (χ0v) is 7.79. The maximum absolute atomic E-state index is 11.1. The molecule has 1 heterocycles. The summed E-state index contributed by atoms with van der Waals surface area (Å²) in [7, 11) is 0. The molecule has 0 atom stereocenters. The summed E-state index contributed by atoms with van der Waals surface area (Å²) in [6.45, 7) is 0.595. The number of rotatable bonds is 3. The summed E-state index contributed by atoms with van der Waals surface area (Å²) in [6.07, 6.45) is 3.08. The molecule has 0 unspecified atom stereocenters. The van der Waals surface area contributed by atoms with Crippen molar-refractivity contribution in [1.82, 2.24) is 4.98 Å². The average Bonchev–Trinajstić information content (AvgIpc) is 2.15. The van der Waals surface area contributed by atoms with E-state index in [1.165, 1.54) is 0 Å². The van der Waals surface area contributed by atoms with Gasteiger partial charge in [-0.2, -0.15) is 0 Å². The summed E-state index contributed by atoms with van der Waals surface area (Å²) >= 11 is 0. The van der Waals surface area contributed by atoms with Gasteiger partial charge in [-0.3, -0.25) is 4.98 Å². The van der Waals surface area contributed by atoms with Crippen LogP contribution in [0, 0.1) is 0 Å². The van der Waals surface area contributed by atoms with Crippen molar-refractivity contribution < 1.29 is 9.53 Å². The first-order chi connectivity index (χ1) is 5.84. The average molecular weight is 203 g/mol.